The number of hydrogen-bond donors (Lipinski definition) is 1. The summed E-state index contributed by atoms with van der Waals surface area (Å²) in [6, 6.07) is 9.93. The van der Waals surface area contributed by atoms with Crippen LogP contribution in [0.2, 0.25) is 0 Å². The number of imidazole rings is 1. The van der Waals surface area contributed by atoms with Crippen LogP contribution in [0, 0.1) is 0 Å². The first-order chi connectivity index (χ1) is 13.0. The zero-order valence-electron chi connectivity index (χ0n) is 15.7. The Hall–Kier alpha value is -3.16. The van der Waals surface area contributed by atoms with Crippen molar-refractivity contribution in [2.45, 2.75) is 32.9 Å². The summed E-state index contributed by atoms with van der Waals surface area (Å²) in [5.41, 5.74) is 7.87. The Kier molecular flexibility index (Phi) is 4.18. The molecule has 1 aliphatic rings. The van der Waals surface area contributed by atoms with Crippen molar-refractivity contribution in [1.82, 2.24) is 24.4 Å². The Morgan fingerprint density at radius 3 is 2.48 bits per heavy atom. The second kappa shape index (κ2) is 6.53. The highest BCUT2D eigenvalue weighted by Gasteiger charge is 2.31. The largest absolute Gasteiger partial charge is 0.369 e. The van der Waals surface area contributed by atoms with E-state index in [1.165, 1.54) is 0 Å². The number of nitrogens with zero attached hydrogens (tertiary/aromatic N) is 6. The van der Waals surface area contributed by atoms with Gasteiger partial charge in [0.15, 0.2) is 0 Å². The van der Waals surface area contributed by atoms with Crippen LogP contribution in [0.15, 0.2) is 36.7 Å². The van der Waals surface area contributed by atoms with Gasteiger partial charge < -0.3 is 15.5 Å². The van der Waals surface area contributed by atoms with Crippen molar-refractivity contribution >= 4 is 28.7 Å². The zero-order chi connectivity index (χ0) is 19.1. The van der Waals surface area contributed by atoms with Gasteiger partial charge in [0.2, 0.25) is 11.9 Å². The fourth-order valence-corrected chi connectivity index (χ4v) is 4.05. The maximum atomic E-state index is 11.9. The number of rotatable bonds is 2. The van der Waals surface area contributed by atoms with E-state index in [0.717, 1.165) is 29.9 Å². The summed E-state index contributed by atoms with van der Waals surface area (Å²) in [5, 5.41) is 0. The highest BCUT2D eigenvalue weighted by atomic mass is 16.2. The van der Waals surface area contributed by atoms with E-state index < -0.39 is 0 Å². The van der Waals surface area contributed by atoms with Gasteiger partial charge in [-0.15, -0.1) is 0 Å². The van der Waals surface area contributed by atoms with Crippen molar-refractivity contribution in [1.29, 1.82) is 0 Å². The van der Waals surface area contributed by atoms with Gasteiger partial charge in [-0.3, -0.25) is 9.36 Å². The summed E-state index contributed by atoms with van der Waals surface area (Å²) in [7, 11) is 0. The average molecular weight is 365 g/mol. The number of nitrogens with two attached hydrogens (primary N) is 1. The van der Waals surface area contributed by atoms with E-state index in [0.29, 0.717) is 11.8 Å². The predicted octanol–water partition coefficient (Wildman–Crippen LogP) is 1.84. The van der Waals surface area contributed by atoms with Gasteiger partial charge in [-0.05, 0) is 26.0 Å². The third kappa shape index (κ3) is 2.97. The molecule has 2 N–H and O–H groups in total. The van der Waals surface area contributed by atoms with Crippen molar-refractivity contribution < 1.29 is 4.79 Å². The van der Waals surface area contributed by atoms with Crippen LogP contribution in [-0.2, 0) is 4.79 Å². The van der Waals surface area contributed by atoms with Crippen molar-refractivity contribution in [3.63, 3.8) is 0 Å². The molecule has 0 radical (unpaired) electrons. The van der Waals surface area contributed by atoms with Gasteiger partial charge in [0, 0.05) is 38.2 Å². The van der Waals surface area contributed by atoms with Crippen LogP contribution in [-0.4, -0.2) is 55.5 Å². The SMILES string of the molecule is CC(=O)N1[C@H](C)CN(c2cc(-n3c(N)nc4ccccc43)ncn2)C[C@@H]1C. The summed E-state index contributed by atoms with van der Waals surface area (Å²) >= 11 is 0. The molecule has 3 aromatic rings. The quantitative estimate of drug-likeness (QED) is 0.745. The van der Waals surface area contributed by atoms with Crippen molar-refractivity contribution in [3.05, 3.63) is 36.7 Å². The van der Waals surface area contributed by atoms with Crippen LogP contribution < -0.4 is 10.6 Å². The molecule has 8 heteroatoms. The summed E-state index contributed by atoms with van der Waals surface area (Å²) in [4.78, 5) is 29.3. The molecule has 140 valence electrons. The number of hydrogen-bond acceptors (Lipinski definition) is 6. The van der Waals surface area contributed by atoms with Gasteiger partial charge in [-0.1, -0.05) is 12.1 Å². The normalized spacial score (nSPS) is 20.3. The lowest BCUT2D eigenvalue weighted by Crippen LogP contribution is -2.58. The molecule has 2 atom stereocenters. The number of para-hydroxylation sites is 2. The standard InChI is InChI=1S/C19H23N7O/c1-12-9-24(10-13(2)25(12)14(3)27)17-8-18(22-11-21-17)26-16-7-5-4-6-15(16)23-19(26)20/h4-8,11-13H,9-10H2,1-3H3,(H2,20,23)/t12-,13+. The summed E-state index contributed by atoms with van der Waals surface area (Å²) in [5.74, 6) is 2.00. The minimum absolute atomic E-state index is 0.107. The van der Waals surface area contributed by atoms with Gasteiger partial charge in [0.1, 0.15) is 18.0 Å². The summed E-state index contributed by atoms with van der Waals surface area (Å²) < 4.78 is 1.83. The number of fused-ring (bicyclic) bond motifs is 1. The van der Waals surface area contributed by atoms with Crippen LogP contribution in [0.5, 0.6) is 0 Å². The Labute approximate surface area is 157 Å². The molecule has 27 heavy (non-hydrogen) atoms. The number of aromatic nitrogens is 4. The van der Waals surface area contributed by atoms with E-state index in [-0.39, 0.29) is 18.0 Å². The topological polar surface area (TPSA) is 93.2 Å². The van der Waals surface area contributed by atoms with Gasteiger partial charge in [0.05, 0.1) is 11.0 Å². The van der Waals surface area contributed by atoms with E-state index >= 15 is 0 Å². The molecule has 2 aromatic heterocycles. The fourth-order valence-electron chi connectivity index (χ4n) is 4.05. The second-order valence-electron chi connectivity index (χ2n) is 7.06. The monoisotopic (exact) mass is 365 g/mol. The Morgan fingerprint density at radius 1 is 1.11 bits per heavy atom. The van der Waals surface area contributed by atoms with E-state index in [2.05, 4.69) is 33.7 Å². The number of carbonyl (C=O) groups is 1. The summed E-state index contributed by atoms with van der Waals surface area (Å²) in [6.07, 6.45) is 1.55. The Balaban J connectivity index is 1.69. The molecule has 3 heterocycles. The summed E-state index contributed by atoms with van der Waals surface area (Å²) in [6.45, 7) is 7.19. The van der Waals surface area contributed by atoms with Crippen molar-refractivity contribution in [2.75, 3.05) is 23.7 Å². The van der Waals surface area contributed by atoms with Gasteiger partial charge in [-0.25, -0.2) is 15.0 Å². The smallest absolute Gasteiger partial charge is 0.220 e. The second-order valence-corrected chi connectivity index (χ2v) is 7.06. The predicted molar refractivity (Wildman–Crippen MR) is 105 cm³/mol. The van der Waals surface area contributed by atoms with Gasteiger partial charge in [0.25, 0.3) is 0 Å². The third-order valence-electron chi connectivity index (χ3n) is 5.06. The Morgan fingerprint density at radius 2 is 1.78 bits per heavy atom. The average Bonchev–Trinajstić information content (AvgIpc) is 2.96. The fraction of sp³-hybridized carbons (Fsp3) is 0.368. The maximum absolute atomic E-state index is 11.9. The molecular formula is C19H23N7O. The molecule has 1 saturated heterocycles. The number of carbonyl (C=O) groups excluding carboxylic acids is 1. The number of nitrogen functional groups attached to an aromatic ring is 1. The molecule has 1 aliphatic heterocycles. The maximum Gasteiger partial charge on any atom is 0.220 e. The molecule has 0 spiro atoms. The van der Waals surface area contributed by atoms with Crippen LogP contribution in [0.25, 0.3) is 16.9 Å². The number of amides is 1. The Bertz CT molecular complexity index is 987. The van der Waals surface area contributed by atoms with E-state index in [1.807, 2.05) is 39.8 Å². The van der Waals surface area contributed by atoms with Crippen molar-refractivity contribution in [3.8, 4) is 5.82 Å². The lowest BCUT2D eigenvalue weighted by Gasteiger charge is -2.44. The van der Waals surface area contributed by atoms with Crippen LogP contribution >= 0.6 is 0 Å². The lowest BCUT2D eigenvalue weighted by molar-refractivity contribution is -0.133. The molecule has 0 bridgehead atoms. The third-order valence-corrected chi connectivity index (χ3v) is 5.06. The first-order valence-corrected chi connectivity index (χ1v) is 9.05. The lowest BCUT2D eigenvalue weighted by atomic mass is 10.1. The van der Waals surface area contributed by atoms with E-state index in [4.69, 9.17) is 5.73 Å². The van der Waals surface area contributed by atoms with Crippen LogP contribution in [0.3, 0.4) is 0 Å². The van der Waals surface area contributed by atoms with Crippen LogP contribution in [0.4, 0.5) is 11.8 Å². The molecule has 4 rings (SSSR count). The molecule has 0 saturated carbocycles. The molecular weight excluding hydrogens is 342 g/mol. The minimum atomic E-state index is 0.107. The molecule has 1 aromatic carbocycles. The van der Waals surface area contributed by atoms with Gasteiger partial charge in [-0.2, -0.15) is 0 Å². The minimum Gasteiger partial charge on any atom is -0.369 e. The number of anilines is 2. The number of benzene rings is 1. The first-order valence-electron chi connectivity index (χ1n) is 9.05. The van der Waals surface area contributed by atoms with E-state index in [1.54, 1.807) is 13.3 Å². The van der Waals surface area contributed by atoms with Crippen LogP contribution in [0.1, 0.15) is 20.8 Å². The molecule has 1 amide bonds. The van der Waals surface area contributed by atoms with Crippen molar-refractivity contribution in [2.24, 2.45) is 0 Å². The van der Waals surface area contributed by atoms with Gasteiger partial charge >= 0.3 is 0 Å². The molecule has 1 fully saturated rings. The molecule has 0 unspecified atom stereocenters. The zero-order valence-corrected chi connectivity index (χ0v) is 15.7. The van der Waals surface area contributed by atoms with E-state index in [9.17, 15) is 4.79 Å². The highest BCUT2D eigenvalue weighted by molar-refractivity contribution is 5.80. The first kappa shape index (κ1) is 17.3. The molecule has 0 aliphatic carbocycles. The number of piperazine rings is 1. The highest BCUT2D eigenvalue weighted by Crippen LogP contribution is 2.25. The molecule has 8 nitrogen and oxygen atoms in total.